The first-order valence-electron chi connectivity index (χ1n) is 7.76. The first-order valence-corrected chi connectivity index (χ1v) is 8.57. The summed E-state index contributed by atoms with van der Waals surface area (Å²) in [7, 11) is 1.61. The molecule has 1 atom stereocenters. The summed E-state index contributed by atoms with van der Waals surface area (Å²) in [5.41, 5.74) is 1.43. The Balaban J connectivity index is 1.64. The van der Waals surface area contributed by atoms with E-state index in [1.54, 1.807) is 14.0 Å². The molecule has 1 N–H and O–H groups in total. The number of hydrogen-bond donors (Lipinski definition) is 1. The molecular weight excluding hydrogens is 344 g/mol. The van der Waals surface area contributed by atoms with Gasteiger partial charge >= 0.3 is 6.03 Å². The second-order valence-electron chi connectivity index (χ2n) is 5.69. The molecule has 0 aliphatic heterocycles. The third-order valence-electron chi connectivity index (χ3n) is 4.06. The highest BCUT2D eigenvalue weighted by molar-refractivity contribution is 7.18. The number of nitrogens with one attached hydrogen (secondary N) is 1. The highest BCUT2D eigenvalue weighted by atomic mass is 32.1. The molecule has 7 heteroatoms. The number of aromatic nitrogens is 1. The number of amides is 2. The van der Waals surface area contributed by atoms with E-state index in [-0.39, 0.29) is 6.03 Å². The zero-order chi connectivity index (χ0) is 18.0. The first-order chi connectivity index (χ1) is 12.0. The van der Waals surface area contributed by atoms with Crippen molar-refractivity contribution in [1.82, 2.24) is 15.2 Å². The lowest BCUT2D eigenvalue weighted by Gasteiger charge is -2.25. The highest BCUT2D eigenvalue weighted by Crippen LogP contribution is 2.23. The van der Waals surface area contributed by atoms with E-state index in [9.17, 15) is 13.6 Å². The van der Waals surface area contributed by atoms with Gasteiger partial charge in [0, 0.05) is 7.05 Å². The molecule has 3 aromatic rings. The molecule has 0 saturated carbocycles. The normalized spacial score (nSPS) is 12.2. The van der Waals surface area contributed by atoms with E-state index in [1.807, 2.05) is 24.3 Å². The predicted octanol–water partition coefficient (Wildman–Crippen LogP) is 4.48. The van der Waals surface area contributed by atoms with Crippen molar-refractivity contribution in [3.63, 3.8) is 0 Å². The van der Waals surface area contributed by atoms with Crippen LogP contribution in [0.1, 0.15) is 23.5 Å². The van der Waals surface area contributed by atoms with Gasteiger partial charge in [0.05, 0.1) is 22.8 Å². The number of benzene rings is 2. The molecule has 0 fully saturated rings. The lowest BCUT2D eigenvalue weighted by atomic mass is 10.1. The molecule has 0 saturated heterocycles. The van der Waals surface area contributed by atoms with Gasteiger partial charge in [0.15, 0.2) is 11.6 Å². The van der Waals surface area contributed by atoms with Crippen LogP contribution < -0.4 is 5.32 Å². The maximum atomic E-state index is 13.4. The molecule has 0 aliphatic rings. The number of hydrogen-bond acceptors (Lipinski definition) is 3. The maximum absolute atomic E-state index is 13.4. The predicted molar refractivity (Wildman–Crippen MR) is 94.4 cm³/mol. The number of fused-ring (bicyclic) bond motifs is 1. The minimum Gasteiger partial charge on any atom is -0.331 e. The van der Waals surface area contributed by atoms with Crippen LogP contribution in [0.2, 0.25) is 0 Å². The van der Waals surface area contributed by atoms with E-state index in [1.165, 1.54) is 22.3 Å². The SMILES string of the molecule is C[C@@H](c1ccc(F)c(F)c1)N(C)C(=O)NCc1nc2ccccc2s1. The van der Waals surface area contributed by atoms with Crippen LogP contribution in [0.15, 0.2) is 42.5 Å². The molecule has 2 amide bonds. The molecule has 3 rings (SSSR count). The molecule has 0 radical (unpaired) electrons. The highest BCUT2D eigenvalue weighted by Gasteiger charge is 2.19. The van der Waals surface area contributed by atoms with Crippen molar-refractivity contribution in [1.29, 1.82) is 0 Å². The van der Waals surface area contributed by atoms with Gasteiger partial charge in [-0.05, 0) is 36.8 Å². The van der Waals surface area contributed by atoms with Crippen LogP contribution >= 0.6 is 11.3 Å². The van der Waals surface area contributed by atoms with Crippen molar-refractivity contribution >= 4 is 27.6 Å². The van der Waals surface area contributed by atoms with E-state index in [4.69, 9.17) is 0 Å². The van der Waals surface area contributed by atoms with E-state index in [0.29, 0.717) is 12.1 Å². The molecule has 25 heavy (non-hydrogen) atoms. The number of carbonyl (C=O) groups excluding carboxylic acids is 1. The van der Waals surface area contributed by atoms with Crippen LogP contribution in [-0.2, 0) is 6.54 Å². The van der Waals surface area contributed by atoms with E-state index >= 15 is 0 Å². The van der Waals surface area contributed by atoms with Crippen molar-refractivity contribution in [3.8, 4) is 0 Å². The summed E-state index contributed by atoms with van der Waals surface area (Å²) in [6.45, 7) is 2.07. The number of urea groups is 1. The van der Waals surface area contributed by atoms with Crippen molar-refractivity contribution in [2.75, 3.05) is 7.05 Å². The molecule has 1 aromatic heterocycles. The Morgan fingerprint density at radius 1 is 1.24 bits per heavy atom. The van der Waals surface area contributed by atoms with Crippen LogP contribution in [0.25, 0.3) is 10.2 Å². The van der Waals surface area contributed by atoms with E-state index < -0.39 is 17.7 Å². The number of rotatable bonds is 4. The number of halogens is 2. The molecule has 2 aromatic carbocycles. The number of thiazole rings is 1. The Morgan fingerprint density at radius 3 is 2.72 bits per heavy atom. The number of carbonyl (C=O) groups is 1. The lowest BCUT2D eigenvalue weighted by molar-refractivity contribution is 0.194. The van der Waals surface area contributed by atoms with Gasteiger partial charge in [-0.1, -0.05) is 18.2 Å². The first kappa shape index (κ1) is 17.3. The van der Waals surface area contributed by atoms with Crippen LogP contribution in [-0.4, -0.2) is 23.0 Å². The molecule has 0 spiro atoms. The Bertz CT molecular complexity index is 879. The summed E-state index contributed by atoms with van der Waals surface area (Å²) in [6, 6.07) is 10.7. The van der Waals surface area contributed by atoms with Gasteiger partial charge in [0.2, 0.25) is 0 Å². The number of para-hydroxylation sites is 1. The average Bonchev–Trinajstić information content (AvgIpc) is 3.03. The molecule has 4 nitrogen and oxygen atoms in total. The van der Waals surface area contributed by atoms with E-state index in [0.717, 1.165) is 27.4 Å². The molecule has 1 heterocycles. The Kier molecular flexibility index (Phi) is 4.94. The lowest BCUT2D eigenvalue weighted by Crippen LogP contribution is -2.38. The smallest absolute Gasteiger partial charge is 0.317 e. The Labute approximate surface area is 148 Å². The van der Waals surface area contributed by atoms with Crippen molar-refractivity contribution in [2.45, 2.75) is 19.5 Å². The van der Waals surface area contributed by atoms with Gasteiger partial charge in [0.1, 0.15) is 5.01 Å². The quantitative estimate of drug-likeness (QED) is 0.745. The van der Waals surface area contributed by atoms with Crippen molar-refractivity contribution in [2.24, 2.45) is 0 Å². The third-order valence-corrected chi connectivity index (χ3v) is 5.09. The van der Waals surface area contributed by atoms with Crippen molar-refractivity contribution in [3.05, 3.63) is 64.7 Å². The summed E-state index contributed by atoms with van der Waals surface area (Å²) >= 11 is 1.52. The molecule has 0 bridgehead atoms. The summed E-state index contributed by atoms with van der Waals surface area (Å²) in [6.07, 6.45) is 0. The molecular formula is C18H17F2N3OS. The monoisotopic (exact) mass is 361 g/mol. The van der Waals surface area contributed by atoms with Gasteiger partial charge in [-0.2, -0.15) is 0 Å². The van der Waals surface area contributed by atoms with Gasteiger partial charge in [0.25, 0.3) is 0 Å². The van der Waals surface area contributed by atoms with Crippen LogP contribution in [0, 0.1) is 11.6 Å². The zero-order valence-corrected chi connectivity index (χ0v) is 14.6. The summed E-state index contributed by atoms with van der Waals surface area (Å²) in [5, 5.41) is 3.61. The van der Waals surface area contributed by atoms with Crippen LogP contribution in [0.3, 0.4) is 0 Å². The third kappa shape index (κ3) is 3.76. The maximum Gasteiger partial charge on any atom is 0.317 e. The second kappa shape index (κ2) is 7.14. The minimum absolute atomic E-state index is 0.309. The summed E-state index contributed by atoms with van der Waals surface area (Å²) in [5.74, 6) is -1.83. The minimum atomic E-state index is -0.923. The zero-order valence-electron chi connectivity index (χ0n) is 13.8. The van der Waals surface area contributed by atoms with Crippen LogP contribution in [0.4, 0.5) is 13.6 Å². The van der Waals surface area contributed by atoms with Gasteiger partial charge in [-0.3, -0.25) is 0 Å². The van der Waals surface area contributed by atoms with E-state index in [2.05, 4.69) is 10.3 Å². The van der Waals surface area contributed by atoms with Gasteiger partial charge in [-0.15, -0.1) is 11.3 Å². The fraction of sp³-hybridized carbons (Fsp3) is 0.222. The summed E-state index contributed by atoms with van der Waals surface area (Å²) in [4.78, 5) is 18.2. The molecule has 130 valence electrons. The largest absolute Gasteiger partial charge is 0.331 e. The Morgan fingerprint density at radius 2 is 2.00 bits per heavy atom. The van der Waals surface area contributed by atoms with Gasteiger partial charge in [-0.25, -0.2) is 18.6 Å². The fourth-order valence-electron chi connectivity index (χ4n) is 2.44. The molecule has 0 aliphatic carbocycles. The standard InChI is InChI=1S/C18H17F2N3OS/c1-11(12-7-8-13(19)14(20)9-12)23(2)18(24)21-10-17-22-15-5-3-4-6-16(15)25-17/h3-9,11H,10H2,1-2H3,(H,21,24)/t11-/m0/s1. The average molecular weight is 361 g/mol. The number of nitrogens with zero attached hydrogens (tertiary/aromatic N) is 2. The Hall–Kier alpha value is -2.54. The molecule has 0 unspecified atom stereocenters. The topological polar surface area (TPSA) is 45.2 Å². The van der Waals surface area contributed by atoms with Crippen molar-refractivity contribution < 1.29 is 13.6 Å². The summed E-state index contributed by atoms with van der Waals surface area (Å²) < 4.78 is 27.5. The second-order valence-corrected chi connectivity index (χ2v) is 6.81. The fourth-order valence-corrected chi connectivity index (χ4v) is 3.35. The van der Waals surface area contributed by atoms with Crippen LogP contribution in [0.5, 0.6) is 0 Å². The van der Waals surface area contributed by atoms with Gasteiger partial charge < -0.3 is 10.2 Å².